The number of carbonyl (C=O) groups is 2. The number of hydrogen-bond acceptors (Lipinski definition) is 6. The van der Waals surface area contributed by atoms with Gasteiger partial charge in [0, 0.05) is 17.9 Å². The highest BCUT2D eigenvalue weighted by atomic mass is 32.2. The summed E-state index contributed by atoms with van der Waals surface area (Å²) in [7, 11) is 0. The van der Waals surface area contributed by atoms with E-state index in [-0.39, 0.29) is 23.0 Å². The van der Waals surface area contributed by atoms with Crippen LogP contribution in [0.4, 0.5) is 5.69 Å². The predicted molar refractivity (Wildman–Crippen MR) is 104 cm³/mol. The number of thioether (sulfide) groups is 1. The highest BCUT2D eigenvalue weighted by Crippen LogP contribution is 2.25. The number of rotatable bonds is 7. The smallest absolute Gasteiger partial charge is 0.237 e. The summed E-state index contributed by atoms with van der Waals surface area (Å²) < 4.78 is 7.73. The number of ketones is 1. The molecule has 0 bridgehead atoms. The lowest BCUT2D eigenvalue weighted by Crippen LogP contribution is -2.23. The number of nitrogens with zero attached hydrogens (tertiary/aromatic N) is 3. The van der Waals surface area contributed by atoms with Crippen LogP contribution in [-0.4, -0.2) is 44.4 Å². The van der Waals surface area contributed by atoms with Crippen molar-refractivity contribution >= 4 is 29.1 Å². The molecule has 1 aromatic carbocycles. The number of aromatic nitrogens is 3. The zero-order valence-corrected chi connectivity index (χ0v) is 16.6. The van der Waals surface area contributed by atoms with Crippen molar-refractivity contribution in [3.63, 3.8) is 0 Å². The van der Waals surface area contributed by atoms with Gasteiger partial charge < -0.3 is 14.6 Å². The zero-order chi connectivity index (χ0) is 19.4. The summed E-state index contributed by atoms with van der Waals surface area (Å²) in [4.78, 5) is 23.9. The second-order valence-corrected chi connectivity index (χ2v) is 7.97. The molecule has 2 heterocycles. The Morgan fingerprint density at radius 3 is 2.70 bits per heavy atom. The summed E-state index contributed by atoms with van der Waals surface area (Å²) in [6.07, 6.45) is 2.30. The summed E-state index contributed by atoms with van der Waals surface area (Å²) in [5.41, 5.74) is 1.28. The van der Waals surface area contributed by atoms with Crippen molar-refractivity contribution in [1.82, 2.24) is 14.8 Å². The van der Waals surface area contributed by atoms with E-state index >= 15 is 0 Å². The molecule has 1 aliphatic rings. The van der Waals surface area contributed by atoms with Crippen LogP contribution in [0.2, 0.25) is 0 Å². The molecule has 2 aromatic rings. The van der Waals surface area contributed by atoms with Crippen molar-refractivity contribution in [2.45, 2.75) is 56.7 Å². The number of nitrogens with one attached hydrogen (secondary N) is 1. The van der Waals surface area contributed by atoms with Gasteiger partial charge in [-0.3, -0.25) is 9.59 Å². The van der Waals surface area contributed by atoms with Gasteiger partial charge in [0.1, 0.15) is 5.82 Å². The quantitative estimate of drug-likeness (QED) is 0.579. The van der Waals surface area contributed by atoms with E-state index in [2.05, 4.69) is 15.5 Å². The molecule has 144 valence electrons. The lowest BCUT2D eigenvalue weighted by Gasteiger charge is -2.15. The number of hydrogen-bond donors (Lipinski definition) is 1. The zero-order valence-electron chi connectivity index (χ0n) is 15.8. The van der Waals surface area contributed by atoms with Gasteiger partial charge in [-0.1, -0.05) is 11.8 Å². The van der Waals surface area contributed by atoms with Crippen LogP contribution < -0.4 is 5.32 Å². The molecular formula is C19H24N4O3S. The van der Waals surface area contributed by atoms with Gasteiger partial charge in [-0.25, -0.2) is 0 Å². The number of aryl methyl sites for hydroxylation is 1. The summed E-state index contributed by atoms with van der Waals surface area (Å²) in [5.74, 6) is 0.693. The Morgan fingerprint density at radius 1 is 1.33 bits per heavy atom. The number of benzene rings is 1. The van der Waals surface area contributed by atoms with Gasteiger partial charge in [-0.15, -0.1) is 10.2 Å². The first-order valence-corrected chi connectivity index (χ1v) is 9.92. The molecule has 0 spiro atoms. The van der Waals surface area contributed by atoms with Crippen LogP contribution in [0.1, 0.15) is 42.9 Å². The first-order chi connectivity index (χ1) is 12.9. The minimum Gasteiger partial charge on any atom is -0.376 e. The monoisotopic (exact) mass is 388 g/mol. The second kappa shape index (κ2) is 8.67. The molecule has 1 fully saturated rings. The van der Waals surface area contributed by atoms with Crippen LogP contribution in [0.5, 0.6) is 0 Å². The molecule has 7 nitrogen and oxygen atoms in total. The summed E-state index contributed by atoms with van der Waals surface area (Å²) >= 11 is 1.38. The van der Waals surface area contributed by atoms with Gasteiger partial charge >= 0.3 is 0 Å². The van der Waals surface area contributed by atoms with Gasteiger partial charge in [0.05, 0.1) is 17.9 Å². The molecule has 8 heteroatoms. The number of carbonyl (C=O) groups excluding carboxylic acids is 2. The number of anilines is 1. The second-order valence-electron chi connectivity index (χ2n) is 6.66. The van der Waals surface area contributed by atoms with Crippen molar-refractivity contribution in [3.8, 4) is 0 Å². The maximum absolute atomic E-state index is 12.5. The molecule has 1 N–H and O–H groups in total. The van der Waals surface area contributed by atoms with Gasteiger partial charge in [-0.05, 0) is 57.9 Å². The highest BCUT2D eigenvalue weighted by Gasteiger charge is 2.23. The van der Waals surface area contributed by atoms with Gasteiger partial charge in [0.25, 0.3) is 0 Å². The molecule has 1 aliphatic heterocycles. The maximum Gasteiger partial charge on any atom is 0.237 e. The Hall–Kier alpha value is -2.19. The van der Waals surface area contributed by atoms with E-state index in [1.807, 2.05) is 18.4 Å². The highest BCUT2D eigenvalue weighted by molar-refractivity contribution is 8.00. The SMILES string of the molecule is CC(=O)c1ccc(NC(=O)[C@H](C)Sc2nnc(C)n2C[C@@H]2CCCO2)cc1. The van der Waals surface area contributed by atoms with Crippen LogP contribution in [0, 0.1) is 6.92 Å². The summed E-state index contributed by atoms with van der Waals surface area (Å²) in [6.45, 7) is 6.77. The molecule has 3 rings (SSSR count). The number of ether oxygens (including phenoxy) is 1. The fourth-order valence-corrected chi connectivity index (χ4v) is 3.80. The van der Waals surface area contributed by atoms with Gasteiger partial charge in [0.2, 0.25) is 5.91 Å². The normalized spacial score (nSPS) is 17.7. The van der Waals surface area contributed by atoms with E-state index in [0.717, 1.165) is 30.4 Å². The Balaban J connectivity index is 1.61. The molecule has 0 radical (unpaired) electrons. The predicted octanol–water partition coefficient (Wildman–Crippen LogP) is 3.09. The van der Waals surface area contributed by atoms with E-state index in [4.69, 9.17) is 4.74 Å². The van der Waals surface area contributed by atoms with E-state index in [9.17, 15) is 9.59 Å². The summed E-state index contributed by atoms with van der Waals surface area (Å²) in [5, 5.41) is 11.6. The Bertz CT molecular complexity index is 813. The lowest BCUT2D eigenvalue weighted by molar-refractivity contribution is -0.115. The minimum atomic E-state index is -0.343. The van der Waals surface area contributed by atoms with E-state index in [1.165, 1.54) is 18.7 Å². The first kappa shape index (κ1) is 19.6. The Morgan fingerprint density at radius 2 is 2.07 bits per heavy atom. The van der Waals surface area contributed by atoms with Crippen molar-refractivity contribution in [1.29, 1.82) is 0 Å². The molecule has 0 saturated carbocycles. The van der Waals surface area contributed by atoms with Crippen molar-refractivity contribution < 1.29 is 14.3 Å². The average molecular weight is 388 g/mol. The molecule has 0 aliphatic carbocycles. The van der Waals surface area contributed by atoms with E-state index < -0.39 is 0 Å². The molecule has 27 heavy (non-hydrogen) atoms. The molecule has 1 aromatic heterocycles. The van der Waals surface area contributed by atoms with E-state index in [0.29, 0.717) is 17.8 Å². The fourth-order valence-electron chi connectivity index (χ4n) is 2.89. The van der Waals surface area contributed by atoms with Gasteiger partial charge in [0.15, 0.2) is 10.9 Å². The van der Waals surface area contributed by atoms with E-state index in [1.54, 1.807) is 24.3 Å². The third-order valence-corrected chi connectivity index (χ3v) is 5.60. The lowest BCUT2D eigenvalue weighted by atomic mass is 10.1. The van der Waals surface area contributed by atoms with Crippen molar-refractivity contribution in [3.05, 3.63) is 35.7 Å². The van der Waals surface area contributed by atoms with Crippen LogP contribution in [0.15, 0.2) is 29.4 Å². The molecule has 1 amide bonds. The topological polar surface area (TPSA) is 86.1 Å². The van der Waals surface area contributed by atoms with Crippen LogP contribution >= 0.6 is 11.8 Å². The van der Waals surface area contributed by atoms with Crippen LogP contribution in [0.25, 0.3) is 0 Å². The minimum absolute atomic E-state index is 0.00208. The first-order valence-electron chi connectivity index (χ1n) is 9.04. The summed E-state index contributed by atoms with van der Waals surface area (Å²) in [6, 6.07) is 6.88. The molecule has 1 saturated heterocycles. The third-order valence-electron chi connectivity index (χ3n) is 4.52. The number of amides is 1. The van der Waals surface area contributed by atoms with Gasteiger partial charge in [-0.2, -0.15) is 0 Å². The molecule has 2 atom stereocenters. The van der Waals surface area contributed by atoms with Crippen molar-refractivity contribution in [2.24, 2.45) is 0 Å². The van der Waals surface area contributed by atoms with Crippen LogP contribution in [-0.2, 0) is 16.1 Å². The maximum atomic E-state index is 12.5. The third kappa shape index (κ3) is 4.95. The van der Waals surface area contributed by atoms with Crippen molar-refractivity contribution in [2.75, 3.05) is 11.9 Å². The number of Topliss-reactive ketones (excluding diaryl/α,β-unsaturated/α-hetero) is 1. The Labute approximate surface area is 162 Å². The standard InChI is InChI=1S/C19H24N4O3S/c1-12(24)15-6-8-16(9-7-15)20-18(25)13(2)27-19-22-21-14(3)23(19)11-17-5-4-10-26-17/h6-9,13,17H,4-5,10-11H2,1-3H3,(H,20,25)/t13-,17-/m0/s1. The Kier molecular flexibility index (Phi) is 6.28. The fraction of sp³-hybridized carbons (Fsp3) is 0.474. The van der Waals surface area contributed by atoms with Crippen LogP contribution in [0.3, 0.4) is 0 Å². The molecular weight excluding hydrogens is 364 g/mol. The largest absolute Gasteiger partial charge is 0.376 e. The average Bonchev–Trinajstić information content (AvgIpc) is 3.27. The molecule has 0 unspecified atom stereocenters.